The molecule has 0 aromatic carbocycles. The van der Waals surface area contributed by atoms with Gasteiger partial charge < -0.3 is 15.2 Å². The van der Waals surface area contributed by atoms with E-state index in [4.69, 9.17) is 28.8 Å². The summed E-state index contributed by atoms with van der Waals surface area (Å²) in [7, 11) is -3.86. The first-order chi connectivity index (χ1) is 13.6. The van der Waals surface area contributed by atoms with Gasteiger partial charge in [-0.1, -0.05) is 0 Å². The number of hydrogen-bond donors (Lipinski definition) is 1. The molecule has 0 spiro atoms. The summed E-state index contributed by atoms with van der Waals surface area (Å²) >= 11 is 0. The van der Waals surface area contributed by atoms with Gasteiger partial charge in [0, 0.05) is 0 Å². The number of anilines is 1. The molecule has 2 aliphatic rings. The smallest absolute Gasteiger partial charge is 0.473 e. The molecule has 0 aliphatic carbocycles. The van der Waals surface area contributed by atoms with Crippen molar-refractivity contribution < 1.29 is 32.0 Å². The summed E-state index contributed by atoms with van der Waals surface area (Å²) < 4.78 is 56.9. The standard InChI is InChI=1S/C16H23FN5O6P/c1-5-24-29(23)25-6-9-11(28-29)16(4,17)14(27-9)22-7-19-10-12(22)20-15(18)21-13(10)26-8(2)3/h7-9,11,14H,5-6H2,1-4H3,(H2,18,20,21)/t9-,11-,14-,16-,29?/m1/s1. The summed E-state index contributed by atoms with van der Waals surface area (Å²) in [5.74, 6) is 0.143. The molecule has 2 fully saturated rings. The quantitative estimate of drug-likeness (QED) is 0.704. The largest absolute Gasteiger partial charge is 0.475 e. The highest BCUT2D eigenvalue weighted by Crippen LogP contribution is 2.59. The predicted octanol–water partition coefficient (Wildman–Crippen LogP) is 2.38. The number of nitrogens with two attached hydrogens (primary N) is 1. The van der Waals surface area contributed by atoms with Crippen LogP contribution in [0.2, 0.25) is 0 Å². The van der Waals surface area contributed by atoms with Crippen molar-refractivity contribution in [3.63, 3.8) is 0 Å². The van der Waals surface area contributed by atoms with E-state index in [1.807, 2.05) is 13.8 Å². The average molecular weight is 431 g/mol. The van der Waals surface area contributed by atoms with Crippen LogP contribution in [0.3, 0.4) is 0 Å². The van der Waals surface area contributed by atoms with Gasteiger partial charge in [0.25, 0.3) is 0 Å². The minimum Gasteiger partial charge on any atom is -0.473 e. The number of imidazole rings is 1. The first-order valence-corrected chi connectivity index (χ1v) is 10.7. The predicted molar refractivity (Wildman–Crippen MR) is 99.0 cm³/mol. The maximum absolute atomic E-state index is 15.9. The van der Waals surface area contributed by atoms with Gasteiger partial charge in [-0.15, -0.1) is 0 Å². The number of halogens is 1. The van der Waals surface area contributed by atoms with Gasteiger partial charge in [-0.25, -0.2) is 13.9 Å². The zero-order chi connectivity index (χ0) is 21.0. The van der Waals surface area contributed by atoms with E-state index in [-0.39, 0.29) is 36.8 Å². The van der Waals surface area contributed by atoms with Crippen LogP contribution in [0.5, 0.6) is 5.88 Å². The zero-order valence-corrected chi connectivity index (χ0v) is 17.3. The number of phosphoric ester groups is 1. The van der Waals surface area contributed by atoms with Gasteiger partial charge in [-0.3, -0.25) is 18.1 Å². The van der Waals surface area contributed by atoms with Crippen molar-refractivity contribution in [2.45, 2.75) is 57.9 Å². The molecule has 2 aromatic heterocycles. The summed E-state index contributed by atoms with van der Waals surface area (Å²) in [5, 5.41) is 0. The summed E-state index contributed by atoms with van der Waals surface area (Å²) in [6.07, 6.45) is -1.94. The van der Waals surface area contributed by atoms with Crippen LogP contribution in [0.15, 0.2) is 6.33 Å². The van der Waals surface area contributed by atoms with Crippen LogP contribution >= 0.6 is 7.82 Å². The van der Waals surface area contributed by atoms with Gasteiger partial charge in [-0.2, -0.15) is 9.97 Å². The highest BCUT2D eigenvalue weighted by Gasteiger charge is 2.61. The average Bonchev–Trinajstić information content (AvgIpc) is 3.13. The molecule has 1 unspecified atom stereocenters. The minimum atomic E-state index is -3.86. The summed E-state index contributed by atoms with van der Waals surface area (Å²) in [6, 6.07) is 0. The molecule has 0 amide bonds. The van der Waals surface area contributed by atoms with Crippen LogP contribution in [0, 0.1) is 0 Å². The van der Waals surface area contributed by atoms with Crippen molar-refractivity contribution >= 4 is 24.9 Å². The third-order valence-electron chi connectivity index (χ3n) is 4.61. The Hall–Kier alpha value is -1.85. The Kier molecular flexibility index (Phi) is 5.02. The number of alkyl halides is 1. The number of phosphoric acid groups is 1. The maximum Gasteiger partial charge on any atom is 0.475 e. The summed E-state index contributed by atoms with van der Waals surface area (Å²) in [5.41, 5.74) is 4.28. The molecule has 5 atom stereocenters. The molecule has 0 radical (unpaired) electrons. The number of aromatic nitrogens is 4. The summed E-state index contributed by atoms with van der Waals surface area (Å²) in [4.78, 5) is 12.5. The molecule has 2 aliphatic heterocycles. The normalized spacial score (nSPS) is 34.6. The Morgan fingerprint density at radius 1 is 1.48 bits per heavy atom. The molecule has 11 nitrogen and oxygen atoms in total. The highest BCUT2D eigenvalue weighted by molar-refractivity contribution is 7.48. The first kappa shape index (κ1) is 20.4. The van der Waals surface area contributed by atoms with E-state index in [2.05, 4.69) is 15.0 Å². The maximum atomic E-state index is 15.9. The second-order valence-corrected chi connectivity index (χ2v) is 8.86. The third kappa shape index (κ3) is 3.49. The molecule has 29 heavy (non-hydrogen) atoms. The molecule has 4 heterocycles. The number of nitrogens with zero attached hydrogens (tertiary/aromatic N) is 4. The van der Waals surface area contributed by atoms with Crippen LogP contribution in [0.1, 0.15) is 33.9 Å². The molecule has 4 rings (SSSR count). The number of hydrogen-bond acceptors (Lipinski definition) is 10. The van der Waals surface area contributed by atoms with E-state index in [1.165, 1.54) is 17.8 Å². The van der Waals surface area contributed by atoms with E-state index in [0.717, 1.165) is 0 Å². The van der Waals surface area contributed by atoms with E-state index in [0.29, 0.717) is 5.52 Å². The topological polar surface area (TPSA) is 133 Å². The Morgan fingerprint density at radius 2 is 2.24 bits per heavy atom. The lowest BCUT2D eigenvalue weighted by atomic mass is 9.98. The van der Waals surface area contributed by atoms with Gasteiger partial charge in [0.05, 0.1) is 25.6 Å². The fourth-order valence-corrected chi connectivity index (χ4v) is 4.91. The molecule has 2 aromatic rings. The fraction of sp³-hybridized carbons (Fsp3) is 0.688. The van der Waals surface area contributed by atoms with E-state index < -0.39 is 31.9 Å². The molecule has 2 N–H and O–H groups in total. The van der Waals surface area contributed by atoms with Crippen LogP contribution in [0.25, 0.3) is 11.2 Å². The molecule has 13 heteroatoms. The molecule has 160 valence electrons. The van der Waals surface area contributed by atoms with Crippen LogP contribution < -0.4 is 10.5 Å². The monoisotopic (exact) mass is 431 g/mol. The number of ether oxygens (including phenoxy) is 2. The van der Waals surface area contributed by atoms with Gasteiger partial charge in [0.2, 0.25) is 11.8 Å². The van der Waals surface area contributed by atoms with E-state index in [9.17, 15) is 4.57 Å². The van der Waals surface area contributed by atoms with Gasteiger partial charge in [0.15, 0.2) is 23.1 Å². The zero-order valence-electron chi connectivity index (χ0n) is 16.4. The molecule has 0 saturated carbocycles. The van der Waals surface area contributed by atoms with Crippen molar-refractivity contribution in [3.8, 4) is 5.88 Å². The summed E-state index contributed by atoms with van der Waals surface area (Å²) in [6.45, 7) is 6.56. The van der Waals surface area contributed by atoms with Crippen LogP contribution in [-0.4, -0.2) is 56.7 Å². The fourth-order valence-electron chi connectivity index (χ4n) is 3.45. The van der Waals surface area contributed by atoms with Crippen molar-refractivity contribution in [3.05, 3.63) is 6.33 Å². The number of rotatable bonds is 5. The second kappa shape index (κ2) is 7.13. The van der Waals surface area contributed by atoms with Crippen molar-refractivity contribution in [2.24, 2.45) is 0 Å². The lowest BCUT2D eigenvalue weighted by Crippen LogP contribution is -2.44. The molecular formula is C16H23FN5O6P. The Labute approximate surface area is 166 Å². The Balaban J connectivity index is 1.72. The van der Waals surface area contributed by atoms with Crippen molar-refractivity contribution in [2.75, 3.05) is 18.9 Å². The first-order valence-electron chi connectivity index (χ1n) is 9.23. The van der Waals surface area contributed by atoms with Crippen LogP contribution in [0.4, 0.5) is 10.3 Å². The molecule has 0 bridgehead atoms. The lowest BCUT2D eigenvalue weighted by molar-refractivity contribution is -0.0702. The number of nitrogen functional groups attached to an aromatic ring is 1. The Morgan fingerprint density at radius 3 is 2.93 bits per heavy atom. The van der Waals surface area contributed by atoms with E-state index in [1.54, 1.807) is 6.92 Å². The molecule has 2 saturated heterocycles. The number of fused-ring (bicyclic) bond motifs is 2. The van der Waals surface area contributed by atoms with E-state index >= 15 is 4.39 Å². The molecular weight excluding hydrogens is 408 g/mol. The van der Waals surface area contributed by atoms with Gasteiger partial charge in [-0.05, 0) is 27.7 Å². The van der Waals surface area contributed by atoms with Gasteiger partial charge >= 0.3 is 7.82 Å². The SMILES string of the molecule is CCOP1(=O)OC[C@H]2O[C@@H](n3cnc4c(OC(C)C)nc(N)nc43)[C@](C)(F)[C@@H]2O1. The highest BCUT2D eigenvalue weighted by atomic mass is 31.2. The second-order valence-electron chi connectivity index (χ2n) is 7.24. The van der Waals surface area contributed by atoms with Crippen molar-refractivity contribution in [1.29, 1.82) is 0 Å². The van der Waals surface area contributed by atoms with Crippen LogP contribution in [-0.2, 0) is 22.9 Å². The van der Waals surface area contributed by atoms with Crippen molar-refractivity contribution in [1.82, 2.24) is 19.5 Å². The Bertz CT molecular complexity index is 969. The van der Waals surface area contributed by atoms with Gasteiger partial charge in [0.1, 0.15) is 12.2 Å². The third-order valence-corrected chi connectivity index (χ3v) is 6.14. The lowest BCUT2D eigenvalue weighted by Gasteiger charge is -2.33. The minimum absolute atomic E-state index is 0.0497.